The molecule has 17 heavy (non-hydrogen) atoms. The molecule has 0 spiro atoms. The Bertz CT molecular complexity index is 551. The van der Waals surface area contributed by atoms with E-state index in [0.717, 1.165) is 11.3 Å². The van der Waals surface area contributed by atoms with Crippen molar-refractivity contribution >= 4 is 38.6 Å². The molecule has 2 aromatic rings. The Kier molecular flexibility index (Phi) is 3.73. The van der Waals surface area contributed by atoms with Crippen molar-refractivity contribution in [1.29, 1.82) is 0 Å². The smallest absolute Gasteiger partial charge is 0.139 e. The van der Waals surface area contributed by atoms with Crippen LogP contribution in [0.15, 0.2) is 16.6 Å². The molecule has 0 fully saturated rings. The largest absolute Gasteiger partial charge is 0.325 e. The molecular weight excluding hydrogens is 307 g/mol. The molecular formula is C12H13BrClFN2. The van der Waals surface area contributed by atoms with E-state index >= 15 is 0 Å². The fourth-order valence-electron chi connectivity index (χ4n) is 1.98. The highest BCUT2D eigenvalue weighted by atomic mass is 79.9. The van der Waals surface area contributed by atoms with Crippen molar-refractivity contribution in [3.8, 4) is 0 Å². The van der Waals surface area contributed by atoms with Crippen LogP contribution in [0.3, 0.4) is 0 Å². The molecule has 0 saturated heterocycles. The number of aryl methyl sites for hydroxylation is 1. The third kappa shape index (κ3) is 2.33. The summed E-state index contributed by atoms with van der Waals surface area (Å²) in [6, 6.07) is 3.50. The molecule has 1 heterocycles. The highest BCUT2D eigenvalue weighted by Gasteiger charge is 2.14. The molecule has 2 nitrogen and oxygen atoms in total. The van der Waals surface area contributed by atoms with Gasteiger partial charge in [-0.1, -0.05) is 0 Å². The predicted molar refractivity (Wildman–Crippen MR) is 72.2 cm³/mol. The lowest BCUT2D eigenvalue weighted by molar-refractivity contribution is 0.588. The molecule has 0 aliphatic carbocycles. The number of rotatable bonds is 3. The molecule has 0 saturated carbocycles. The number of aromatic nitrogens is 2. The maximum atomic E-state index is 13.5. The summed E-state index contributed by atoms with van der Waals surface area (Å²) in [6.45, 7) is 4.16. The lowest BCUT2D eigenvalue weighted by Gasteiger charge is -2.12. The lowest BCUT2D eigenvalue weighted by atomic mass is 10.3. The Morgan fingerprint density at radius 3 is 2.76 bits per heavy atom. The number of benzene rings is 1. The summed E-state index contributed by atoms with van der Waals surface area (Å²) >= 11 is 8.97. The molecule has 1 aromatic heterocycles. The van der Waals surface area contributed by atoms with Crippen molar-refractivity contribution in [2.24, 2.45) is 0 Å². The van der Waals surface area contributed by atoms with Gasteiger partial charge in [0, 0.05) is 24.4 Å². The first-order valence-corrected chi connectivity index (χ1v) is 6.79. The highest BCUT2D eigenvalue weighted by Crippen LogP contribution is 2.27. The molecule has 0 atom stereocenters. The van der Waals surface area contributed by atoms with Crippen molar-refractivity contribution in [3.05, 3.63) is 28.2 Å². The number of imidazole rings is 1. The molecule has 0 radical (unpaired) electrons. The van der Waals surface area contributed by atoms with Gasteiger partial charge in [0.2, 0.25) is 0 Å². The fraction of sp³-hybridized carbons (Fsp3) is 0.417. The van der Waals surface area contributed by atoms with E-state index in [2.05, 4.69) is 39.3 Å². The molecule has 0 N–H and O–H groups in total. The van der Waals surface area contributed by atoms with Gasteiger partial charge in [-0.3, -0.25) is 0 Å². The molecule has 0 aliphatic heterocycles. The van der Waals surface area contributed by atoms with E-state index in [9.17, 15) is 4.39 Å². The minimum Gasteiger partial charge on any atom is -0.325 e. The van der Waals surface area contributed by atoms with Crippen LogP contribution in [0.2, 0.25) is 0 Å². The zero-order valence-electron chi connectivity index (χ0n) is 9.67. The average Bonchev–Trinajstić information content (AvgIpc) is 2.57. The Morgan fingerprint density at radius 1 is 1.47 bits per heavy atom. The van der Waals surface area contributed by atoms with E-state index in [0.29, 0.717) is 22.3 Å². The number of halogens is 3. The van der Waals surface area contributed by atoms with Crippen LogP contribution in [-0.4, -0.2) is 15.4 Å². The number of nitrogens with zero attached hydrogens (tertiary/aromatic N) is 2. The van der Waals surface area contributed by atoms with E-state index in [1.54, 1.807) is 6.07 Å². The molecule has 1 aromatic carbocycles. The van der Waals surface area contributed by atoms with Gasteiger partial charge in [-0.05, 0) is 35.8 Å². The Hall–Kier alpha value is -0.610. The van der Waals surface area contributed by atoms with Crippen LogP contribution in [0.25, 0.3) is 11.0 Å². The normalized spacial score (nSPS) is 11.6. The Morgan fingerprint density at radius 2 is 2.18 bits per heavy atom. The summed E-state index contributed by atoms with van der Waals surface area (Å²) in [5.74, 6) is 1.13. The molecule has 0 bridgehead atoms. The quantitative estimate of drug-likeness (QED) is 0.771. The molecule has 0 amide bonds. The van der Waals surface area contributed by atoms with Gasteiger partial charge in [-0.15, -0.1) is 11.6 Å². The molecule has 0 aliphatic rings. The van der Waals surface area contributed by atoms with Crippen LogP contribution in [-0.2, 0) is 6.42 Å². The zero-order chi connectivity index (χ0) is 12.6. The van der Waals surface area contributed by atoms with Gasteiger partial charge in [0.15, 0.2) is 0 Å². The third-order valence-electron chi connectivity index (χ3n) is 2.64. The van der Waals surface area contributed by atoms with E-state index in [1.807, 2.05) is 0 Å². The van der Waals surface area contributed by atoms with Crippen molar-refractivity contribution in [3.63, 3.8) is 0 Å². The van der Waals surface area contributed by atoms with Gasteiger partial charge in [0.05, 0.1) is 15.5 Å². The molecule has 92 valence electrons. The number of hydrogen-bond donors (Lipinski definition) is 0. The topological polar surface area (TPSA) is 17.8 Å². The number of alkyl halides is 1. The van der Waals surface area contributed by atoms with Crippen molar-refractivity contribution in [1.82, 2.24) is 9.55 Å². The Labute approximate surface area is 113 Å². The van der Waals surface area contributed by atoms with Gasteiger partial charge < -0.3 is 4.57 Å². The summed E-state index contributed by atoms with van der Waals surface area (Å²) in [5, 5.41) is 0. The first kappa shape index (κ1) is 12.8. The van der Waals surface area contributed by atoms with Crippen LogP contribution >= 0.6 is 27.5 Å². The number of hydrogen-bond acceptors (Lipinski definition) is 1. The first-order valence-electron chi connectivity index (χ1n) is 5.46. The molecule has 2 rings (SSSR count). The SMILES string of the molecule is CC(C)n1c(CCCl)nc2cc(F)c(Br)cc21. The van der Waals surface area contributed by atoms with Gasteiger partial charge in [-0.25, -0.2) is 9.37 Å². The van der Waals surface area contributed by atoms with Gasteiger partial charge in [-0.2, -0.15) is 0 Å². The summed E-state index contributed by atoms with van der Waals surface area (Å²) in [7, 11) is 0. The summed E-state index contributed by atoms with van der Waals surface area (Å²) < 4.78 is 16.0. The third-order valence-corrected chi connectivity index (χ3v) is 3.44. The van der Waals surface area contributed by atoms with E-state index < -0.39 is 0 Å². The molecule has 0 unspecified atom stereocenters. The minimum atomic E-state index is -0.289. The minimum absolute atomic E-state index is 0.274. The maximum Gasteiger partial charge on any atom is 0.139 e. The van der Waals surface area contributed by atoms with Crippen molar-refractivity contribution in [2.45, 2.75) is 26.3 Å². The first-order chi connectivity index (χ1) is 8.04. The fourth-order valence-corrected chi connectivity index (χ4v) is 2.48. The second-order valence-electron chi connectivity index (χ2n) is 4.19. The van der Waals surface area contributed by atoms with Crippen molar-refractivity contribution < 1.29 is 4.39 Å². The number of fused-ring (bicyclic) bond motifs is 1. The van der Waals surface area contributed by atoms with Crippen LogP contribution < -0.4 is 0 Å². The van der Waals surface area contributed by atoms with Crippen LogP contribution in [0.1, 0.15) is 25.7 Å². The Balaban J connectivity index is 2.71. The second kappa shape index (κ2) is 4.94. The van der Waals surface area contributed by atoms with Crippen LogP contribution in [0.5, 0.6) is 0 Å². The maximum absolute atomic E-state index is 13.5. The summed E-state index contributed by atoms with van der Waals surface area (Å²) in [5.41, 5.74) is 1.62. The summed E-state index contributed by atoms with van der Waals surface area (Å²) in [4.78, 5) is 4.44. The van der Waals surface area contributed by atoms with Crippen molar-refractivity contribution in [2.75, 3.05) is 5.88 Å². The van der Waals surface area contributed by atoms with Gasteiger partial charge in [0.1, 0.15) is 11.6 Å². The lowest BCUT2D eigenvalue weighted by Crippen LogP contribution is -2.06. The van der Waals surface area contributed by atoms with E-state index in [1.165, 1.54) is 6.07 Å². The van der Waals surface area contributed by atoms with Gasteiger partial charge >= 0.3 is 0 Å². The van der Waals surface area contributed by atoms with E-state index in [4.69, 9.17) is 11.6 Å². The standard InChI is InChI=1S/C12H13BrClFN2/c1-7(2)17-11-5-8(13)9(15)6-10(11)16-12(17)3-4-14/h5-7H,3-4H2,1-2H3. The predicted octanol–water partition coefficient (Wildman–Crippen LogP) is 4.30. The monoisotopic (exact) mass is 318 g/mol. The average molecular weight is 320 g/mol. The zero-order valence-corrected chi connectivity index (χ0v) is 12.0. The second-order valence-corrected chi connectivity index (χ2v) is 5.42. The molecule has 5 heteroatoms. The van der Waals surface area contributed by atoms with Gasteiger partial charge in [0.25, 0.3) is 0 Å². The van der Waals surface area contributed by atoms with Crippen LogP contribution in [0, 0.1) is 5.82 Å². The summed E-state index contributed by atoms with van der Waals surface area (Å²) in [6.07, 6.45) is 0.688. The van der Waals surface area contributed by atoms with Crippen LogP contribution in [0.4, 0.5) is 4.39 Å². The highest BCUT2D eigenvalue weighted by molar-refractivity contribution is 9.10. The van der Waals surface area contributed by atoms with E-state index in [-0.39, 0.29) is 11.9 Å².